The summed E-state index contributed by atoms with van der Waals surface area (Å²) >= 11 is 0. The minimum Gasteiger partial charge on any atom is -0.482 e. The van der Waals surface area contributed by atoms with Crippen molar-refractivity contribution in [2.45, 2.75) is 20.3 Å². The van der Waals surface area contributed by atoms with Gasteiger partial charge in [-0.15, -0.1) is 0 Å². The van der Waals surface area contributed by atoms with E-state index in [0.717, 1.165) is 6.42 Å². The van der Waals surface area contributed by atoms with Gasteiger partial charge in [-0.25, -0.2) is 0 Å². The van der Waals surface area contributed by atoms with Gasteiger partial charge in [-0.2, -0.15) is 0 Å². The Morgan fingerprint density at radius 1 is 1.40 bits per heavy atom. The molecule has 0 spiro atoms. The van der Waals surface area contributed by atoms with E-state index < -0.39 is 0 Å². The van der Waals surface area contributed by atoms with Crippen LogP contribution in [0.25, 0.3) is 0 Å². The largest absolute Gasteiger partial charge is 0.482 e. The third-order valence-corrected chi connectivity index (χ3v) is 3.15. The molecule has 0 saturated heterocycles. The van der Waals surface area contributed by atoms with E-state index in [1.165, 1.54) is 4.90 Å². The van der Waals surface area contributed by atoms with Crippen molar-refractivity contribution >= 4 is 17.5 Å². The summed E-state index contributed by atoms with van der Waals surface area (Å²) in [5, 5.41) is 2.84. The Bertz CT molecular complexity index is 500. The molecule has 1 aliphatic rings. The third-order valence-electron chi connectivity index (χ3n) is 3.15. The normalized spacial score (nSPS) is 13.9. The summed E-state index contributed by atoms with van der Waals surface area (Å²) in [4.78, 5) is 25.3. The number of hydrogen-bond donors (Lipinski definition) is 1. The monoisotopic (exact) mass is 276 g/mol. The lowest BCUT2D eigenvalue weighted by atomic mass is 10.1. The summed E-state index contributed by atoms with van der Waals surface area (Å²) in [6.07, 6.45) is 0.930. The van der Waals surface area contributed by atoms with Crippen molar-refractivity contribution in [2.24, 2.45) is 5.92 Å². The fraction of sp³-hybridized carbons (Fsp3) is 0.467. The molecule has 0 aromatic heterocycles. The van der Waals surface area contributed by atoms with Crippen LogP contribution in [0.1, 0.15) is 20.3 Å². The van der Waals surface area contributed by atoms with Gasteiger partial charge in [0.2, 0.25) is 5.91 Å². The first-order valence-corrected chi connectivity index (χ1v) is 6.87. The van der Waals surface area contributed by atoms with Crippen LogP contribution in [-0.2, 0) is 9.59 Å². The minimum atomic E-state index is -0.192. The molecule has 1 aromatic carbocycles. The first kappa shape index (κ1) is 14.4. The van der Waals surface area contributed by atoms with E-state index >= 15 is 0 Å². The molecule has 0 bridgehead atoms. The molecule has 0 aliphatic carbocycles. The summed E-state index contributed by atoms with van der Waals surface area (Å²) in [6, 6.07) is 7.25. The maximum absolute atomic E-state index is 11.9. The Balaban J connectivity index is 1.98. The molecule has 20 heavy (non-hydrogen) atoms. The standard InChI is InChI=1S/C15H20N2O3/c1-11(2)7-8-16-14(18)9-17-12-5-3-4-6-13(12)20-10-15(17)19/h3-6,11H,7-10H2,1-2H3,(H,16,18). The van der Waals surface area contributed by atoms with Gasteiger partial charge < -0.3 is 10.1 Å². The second-order valence-corrected chi connectivity index (χ2v) is 5.27. The van der Waals surface area contributed by atoms with Crippen molar-refractivity contribution in [3.05, 3.63) is 24.3 Å². The second kappa shape index (κ2) is 6.41. The average molecular weight is 276 g/mol. The zero-order valence-electron chi connectivity index (χ0n) is 11.9. The Morgan fingerprint density at radius 3 is 2.90 bits per heavy atom. The molecule has 0 atom stereocenters. The number of rotatable bonds is 5. The predicted molar refractivity (Wildman–Crippen MR) is 76.8 cm³/mol. The predicted octanol–water partition coefficient (Wildman–Crippen LogP) is 1.57. The number of ether oxygens (including phenoxy) is 1. The molecule has 5 heteroatoms. The van der Waals surface area contributed by atoms with Crippen LogP contribution < -0.4 is 15.0 Å². The molecular formula is C15H20N2O3. The number of benzene rings is 1. The molecule has 0 fully saturated rings. The van der Waals surface area contributed by atoms with Gasteiger partial charge in [0.15, 0.2) is 6.61 Å². The van der Waals surface area contributed by atoms with Crippen LogP contribution in [0.3, 0.4) is 0 Å². The zero-order valence-corrected chi connectivity index (χ0v) is 11.9. The van der Waals surface area contributed by atoms with E-state index in [-0.39, 0.29) is 25.0 Å². The minimum absolute atomic E-state index is 0.0176. The highest BCUT2D eigenvalue weighted by Gasteiger charge is 2.26. The van der Waals surface area contributed by atoms with E-state index in [2.05, 4.69) is 19.2 Å². The smallest absolute Gasteiger partial charge is 0.265 e. The summed E-state index contributed by atoms with van der Waals surface area (Å²) in [5.74, 6) is 0.849. The van der Waals surface area contributed by atoms with Crippen molar-refractivity contribution in [1.82, 2.24) is 5.32 Å². The zero-order chi connectivity index (χ0) is 14.5. The first-order valence-electron chi connectivity index (χ1n) is 6.87. The Kier molecular flexibility index (Phi) is 4.61. The Hall–Kier alpha value is -2.04. The maximum Gasteiger partial charge on any atom is 0.265 e. The van der Waals surface area contributed by atoms with Crippen molar-refractivity contribution < 1.29 is 14.3 Å². The van der Waals surface area contributed by atoms with Crippen molar-refractivity contribution in [3.8, 4) is 5.75 Å². The van der Waals surface area contributed by atoms with Gasteiger partial charge in [-0.3, -0.25) is 14.5 Å². The number of para-hydroxylation sites is 2. The Morgan fingerprint density at radius 2 is 2.15 bits per heavy atom. The lowest BCUT2D eigenvalue weighted by Crippen LogP contribution is -2.45. The molecule has 108 valence electrons. The molecule has 0 unspecified atom stereocenters. The number of nitrogens with one attached hydrogen (secondary N) is 1. The number of nitrogens with zero attached hydrogens (tertiary/aromatic N) is 1. The van der Waals surface area contributed by atoms with Crippen LogP contribution in [0, 0.1) is 5.92 Å². The fourth-order valence-corrected chi connectivity index (χ4v) is 2.03. The van der Waals surface area contributed by atoms with Crippen LogP contribution in [0.15, 0.2) is 24.3 Å². The highest BCUT2D eigenvalue weighted by atomic mass is 16.5. The summed E-state index contributed by atoms with van der Waals surface area (Å²) in [7, 11) is 0. The molecule has 1 heterocycles. The molecule has 2 rings (SSSR count). The first-order chi connectivity index (χ1) is 9.58. The molecule has 0 radical (unpaired) electrons. The molecule has 0 saturated carbocycles. The third kappa shape index (κ3) is 3.50. The number of fused-ring (bicyclic) bond motifs is 1. The topological polar surface area (TPSA) is 58.6 Å². The number of carbonyl (C=O) groups is 2. The van der Waals surface area contributed by atoms with Crippen molar-refractivity contribution in [1.29, 1.82) is 0 Å². The molecule has 1 aliphatic heterocycles. The van der Waals surface area contributed by atoms with Crippen LogP contribution in [0.2, 0.25) is 0 Å². The average Bonchev–Trinajstić information content (AvgIpc) is 2.41. The van der Waals surface area contributed by atoms with Gasteiger partial charge in [-0.1, -0.05) is 26.0 Å². The van der Waals surface area contributed by atoms with E-state index in [4.69, 9.17) is 4.74 Å². The van der Waals surface area contributed by atoms with E-state index in [1.54, 1.807) is 12.1 Å². The maximum atomic E-state index is 11.9. The SMILES string of the molecule is CC(C)CCNC(=O)CN1C(=O)COc2ccccc21. The van der Waals surface area contributed by atoms with E-state index in [1.807, 2.05) is 12.1 Å². The lowest BCUT2D eigenvalue weighted by molar-refractivity contribution is -0.125. The lowest BCUT2D eigenvalue weighted by Gasteiger charge is -2.28. The second-order valence-electron chi connectivity index (χ2n) is 5.27. The van der Waals surface area contributed by atoms with E-state index in [9.17, 15) is 9.59 Å². The quantitative estimate of drug-likeness (QED) is 0.888. The number of carbonyl (C=O) groups excluding carboxylic acids is 2. The number of hydrogen-bond acceptors (Lipinski definition) is 3. The van der Waals surface area contributed by atoms with Gasteiger partial charge in [0.25, 0.3) is 5.91 Å². The number of anilines is 1. The van der Waals surface area contributed by atoms with Gasteiger partial charge in [0, 0.05) is 6.54 Å². The molecule has 5 nitrogen and oxygen atoms in total. The summed E-state index contributed by atoms with van der Waals surface area (Å²) in [6.45, 7) is 4.87. The highest BCUT2D eigenvalue weighted by molar-refractivity contribution is 6.02. The fourth-order valence-electron chi connectivity index (χ4n) is 2.03. The van der Waals surface area contributed by atoms with Crippen LogP contribution >= 0.6 is 0 Å². The van der Waals surface area contributed by atoms with Gasteiger partial charge in [0.1, 0.15) is 12.3 Å². The van der Waals surface area contributed by atoms with Crippen LogP contribution in [0.5, 0.6) is 5.75 Å². The molecular weight excluding hydrogens is 256 g/mol. The highest BCUT2D eigenvalue weighted by Crippen LogP contribution is 2.30. The molecule has 1 N–H and O–H groups in total. The van der Waals surface area contributed by atoms with Gasteiger partial charge in [-0.05, 0) is 24.5 Å². The van der Waals surface area contributed by atoms with Gasteiger partial charge >= 0.3 is 0 Å². The molecule has 1 aromatic rings. The Labute approximate surface area is 118 Å². The number of amides is 2. The van der Waals surface area contributed by atoms with Crippen molar-refractivity contribution in [3.63, 3.8) is 0 Å². The van der Waals surface area contributed by atoms with Crippen LogP contribution in [-0.4, -0.2) is 31.5 Å². The summed E-state index contributed by atoms with van der Waals surface area (Å²) < 4.78 is 5.34. The van der Waals surface area contributed by atoms with E-state index in [0.29, 0.717) is 23.9 Å². The van der Waals surface area contributed by atoms with Crippen molar-refractivity contribution in [2.75, 3.05) is 24.6 Å². The summed E-state index contributed by atoms with van der Waals surface area (Å²) in [5.41, 5.74) is 0.655. The van der Waals surface area contributed by atoms with Crippen LogP contribution in [0.4, 0.5) is 5.69 Å². The molecule has 2 amide bonds. The van der Waals surface area contributed by atoms with Gasteiger partial charge in [0.05, 0.1) is 5.69 Å².